The molecule has 2 heterocycles. The second-order valence-electron chi connectivity index (χ2n) is 3.01. The Hall–Kier alpha value is -0.420. The summed E-state index contributed by atoms with van der Waals surface area (Å²) in [5, 5.41) is 20.5. The molecular weight excluding hydrogens is 213 g/mol. The molecule has 1 aliphatic heterocycles. The summed E-state index contributed by atoms with van der Waals surface area (Å²) in [6.07, 6.45) is 0. The van der Waals surface area contributed by atoms with Gasteiger partial charge in [0.15, 0.2) is 10.3 Å². The van der Waals surface area contributed by atoms with Crippen LogP contribution in [-0.2, 0) is 5.60 Å². The first-order chi connectivity index (χ1) is 6.12. The van der Waals surface area contributed by atoms with Gasteiger partial charge < -0.3 is 10.4 Å². The molecule has 2 N–H and O–H groups in total. The van der Waals surface area contributed by atoms with Crippen LogP contribution >= 0.6 is 23.2 Å². The van der Waals surface area contributed by atoms with Crippen molar-refractivity contribution in [3.8, 4) is 0 Å². The zero-order valence-corrected chi connectivity index (χ0v) is 8.10. The molecule has 0 unspecified atom stereocenters. The van der Waals surface area contributed by atoms with E-state index < -0.39 is 5.60 Å². The topological polar surface area (TPSA) is 58.0 Å². The van der Waals surface area contributed by atoms with Gasteiger partial charge in [-0.15, -0.1) is 10.2 Å². The minimum atomic E-state index is -0.934. The van der Waals surface area contributed by atoms with E-state index in [-0.39, 0.29) is 10.3 Å². The van der Waals surface area contributed by atoms with Crippen molar-refractivity contribution in [1.29, 1.82) is 0 Å². The number of aliphatic hydroxyl groups is 1. The standard InChI is InChI=1S/C7H7Cl2N3O/c8-5-1-4(6(9)12-11-5)7(13)2-10-3-7/h1,10,13H,2-3H2. The molecule has 70 valence electrons. The highest BCUT2D eigenvalue weighted by Gasteiger charge is 2.38. The Balaban J connectivity index is 2.43. The van der Waals surface area contributed by atoms with Crippen molar-refractivity contribution >= 4 is 23.2 Å². The largest absolute Gasteiger partial charge is 0.382 e. The monoisotopic (exact) mass is 219 g/mol. The first-order valence-electron chi connectivity index (χ1n) is 3.74. The molecule has 1 aliphatic rings. The lowest BCUT2D eigenvalue weighted by atomic mass is 9.90. The second-order valence-corrected chi connectivity index (χ2v) is 3.75. The first kappa shape index (κ1) is 9.15. The highest BCUT2D eigenvalue weighted by Crippen LogP contribution is 2.30. The number of rotatable bonds is 1. The Morgan fingerprint density at radius 1 is 1.38 bits per heavy atom. The molecule has 2 rings (SSSR count). The highest BCUT2D eigenvalue weighted by atomic mass is 35.5. The van der Waals surface area contributed by atoms with Gasteiger partial charge in [-0.25, -0.2) is 0 Å². The van der Waals surface area contributed by atoms with E-state index in [2.05, 4.69) is 15.5 Å². The summed E-state index contributed by atoms with van der Waals surface area (Å²) in [6.45, 7) is 0.934. The molecule has 1 fully saturated rings. The lowest BCUT2D eigenvalue weighted by Crippen LogP contribution is -2.57. The van der Waals surface area contributed by atoms with Gasteiger partial charge in [0, 0.05) is 18.7 Å². The van der Waals surface area contributed by atoms with Gasteiger partial charge in [0.2, 0.25) is 0 Å². The summed E-state index contributed by atoms with van der Waals surface area (Å²) in [6, 6.07) is 1.54. The molecule has 0 spiro atoms. The summed E-state index contributed by atoms with van der Waals surface area (Å²) < 4.78 is 0. The van der Waals surface area contributed by atoms with Gasteiger partial charge in [0.1, 0.15) is 5.60 Å². The fraction of sp³-hybridized carbons (Fsp3) is 0.429. The number of nitrogens with one attached hydrogen (secondary N) is 1. The first-order valence-corrected chi connectivity index (χ1v) is 4.50. The lowest BCUT2D eigenvalue weighted by molar-refractivity contribution is -0.0149. The molecular formula is C7H7Cl2N3O. The van der Waals surface area contributed by atoms with Crippen molar-refractivity contribution in [2.45, 2.75) is 5.60 Å². The van der Waals surface area contributed by atoms with Gasteiger partial charge in [0.05, 0.1) is 0 Å². The number of nitrogens with zero attached hydrogens (tertiary/aromatic N) is 2. The van der Waals surface area contributed by atoms with E-state index in [1.165, 1.54) is 6.07 Å². The molecule has 0 bridgehead atoms. The van der Waals surface area contributed by atoms with E-state index in [1.807, 2.05) is 0 Å². The molecule has 0 atom stereocenters. The van der Waals surface area contributed by atoms with Crippen LogP contribution in [0.4, 0.5) is 0 Å². The summed E-state index contributed by atoms with van der Waals surface area (Å²) in [7, 11) is 0. The SMILES string of the molecule is OC1(c2cc(Cl)nnc2Cl)CNC1. The minimum Gasteiger partial charge on any atom is -0.382 e. The predicted molar refractivity (Wildman–Crippen MR) is 48.8 cm³/mol. The molecule has 0 aliphatic carbocycles. The number of hydrogen-bond acceptors (Lipinski definition) is 4. The molecule has 1 saturated heterocycles. The zero-order valence-electron chi connectivity index (χ0n) is 6.59. The number of β-amino-alcohol motifs (C(OH)–C–C–N with tert-alkyl or cyclic N) is 1. The average Bonchev–Trinajstić information content (AvgIpc) is 2.05. The minimum absolute atomic E-state index is 0.202. The Morgan fingerprint density at radius 2 is 2.08 bits per heavy atom. The van der Waals surface area contributed by atoms with Gasteiger partial charge in [-0.2, -0.15) is 0 Å². The van der Waals surface area contributed by atoms with Crippen molar-refractivity contribution in [3.05, 3.63) is 21.9 Å². The third kappa shape index (κ3) is 1.50. The fourth-order valence-corrected chi connectivity index (χ4v) is 1.65. The van der Waals surface area contributed by atoms with Crippen LogP contribution in [0, 0.1) is 0 Å². The Labute approximate surface area is 84.9 Å². The van der Waals surface area contributed by atoms with Crippen LogP contribution in [-0.4, -0.2) is 28.4 Å². The summed E-state index contributed by atoms with van der Waals surface area (Å²) >= 11 is 11.4. The quantitative estimate of drug-likeness (QED) is 0.726. The van der Waals surface area contributed by atoms with Crippen molar-refractivity contribution in [3.63, 3.8) is 0 Å². The maximum Gasteiger partial charge on any atom is 0.157 e. The molecule has 13 heavy (non-hydrogen) atoms. The van der Waals surface area contributed by atoms with E-state index in [1.54, 1.807) is 0 Å². The van der Waals surface area contributed by atoms with Crippen LogP contribution in [0.3, 0.4) is 0 Å². The van der Waals surface area contributed by atoms with E-state index in [0.29, 0.717) is 18.7 Å². The van der Waals surface area contributed by atoms with E-state index >= 15 is 0 Å². The van der Waals surface area contributed by atoms with Gasteiger partial charge >= 0.3 is 0 Å². The van der Waals surface area contributed by atoms with Gasteiger partial charge in [-0.1, -0.05) is 23.2 Å². The third-order valence-electron chi connectivity index (χ3n) is 2.06. The van der Waals surface area contributed by atoms with Crippen LogP contribution in [0.1, 0.15) is 5.56 Å². The summed E-state index contributed by atoms with van der Waals surface area (Å²) in [4.78, 5) is 0. The Morgan fingerprint density at radius 3 is 2.62 bits per heavy atom. The maximum atomic E-state index is 9.91. The molecule has 6 heteroatoms. The number of aromatic nitrogens is 2. The van der Waals surface area contributed by atoms with Crippen molar-refractivity contribution in [1.82, 2.24) is 15.5 Å². The Kier molecular flexibility index (Phi) is 2.15. The Bertz CT molecular complexity index is 341. The summed E-state index contributed by atoms with van der Waals surface area (Å²) in [5.41, 5.74) is -0.399. The van der Waals surface area contributed by atoms with E-state index in [4.69, 9.17) is 23.2 Å². The fourth-order valence-electron chi connectivity index (χ4n) is 1.23. The third-order valence-corrected chi connectivity index (χ3v) is 2.52. The van der Waals surface area contributed by atoms with E-state index in [0.717, 1.165) is 0 Å². The normalized spacial score (nSPS) is 19.6. The maximum absolute atomic E-state index is 9.91. The number of hydrogen-bond donors (Lipinski definition) is 2. The number of halogens is 2. The smallest absolute Gasteiger partial charge is 0.157 e. The molecule has 0 amide bonds. The van der Waals surface area contributed by atoms with Gasteiger partial charge in [-0.05, 0) is 6.07 Å². The van der Waals surface area contributed by atoms with Crippen molar-refractivity contribution < 1.29 is 5.11 Å². The predicted octanol–water partition coefficient (Wildman–Crippen LogP) is 0.574. The molecule has 0 saturated carbocycles. The van der Waals surface area contributed by atoms with E-state index in [9.17, 15) is 5.11 Å². The second kappa shape index (κ2) is 3.06. The van der Waals surface area contributed by atoms with Crippen molar-refractivity contribution in [2.24, 2.45) is 0 Å². The zero-order chi connectivity index (χ0) is 9.47. The highest BCUT2D eigenvalue weighted by molar-refractivity contribution is 6.31. The molecule has 0 aromatic carbocycles. The molecule has 0 radical (unpaired) electrons. The molecule has 4 nitrogen and oxygen atoms in total. The lowest BCUT2D eigenvalue weighted by Gasteiger charge is -2.37. The molecule has 1 aromatic rings. The van der Waals surface area contributed by atoms with Crippen LogP contribution in [0.2, 0.25) is 10.3 Å². The van der Waals surface area contributed by atoms with Gasteiger partial charge in [0.25, 0.3) is 0 Å². The molecule has 1 aromatic heterocycles. The van der Waals surface area contributed by atoms with Gasteiger partial charge in [-0.3, -0.25) is 0 Å². The van der Waals surface area contributed by atoms with Crippen LogP contribution < -0.4 is 5.32 Å². The average molecular weight is 220 g/mol. The van der Waals surface area contributed by atoms with Crippen LogP contribution in [0.25, 0.3) is 0 Å². The van der Waals surface area contributed by atoms with Crippen LogP contribution in [0.5, 0.6) is 0 Å². The van der Waals surface area contributed by atoms with Crippen molar-refractivity contribution in [2.75, 3.05) is 13.1 Å². The van der Waals surface area contributed by atoms with Crippen LogP contribution in [0.15, 0.2) is 6.07 Å². The summed E-state index contributed by atoms with van der Waals surface area (Å²) in [5.74, 6) is 0.